The first kappa shape index (κ1) is 12.2. The van der Waals surface area contributed by atoms with E-state index in [0.717, 1.165) is 38.2 Å². The van der Waals surface area contributed by atoms with Gasteiger partial charge in [-0.25, -0.2) is 0 Å². The van der Waals surface area contributed by atoms with Gasteiger partial charge in [0.2, 0.25) is 0 Å². The molecule has 0 bridgehead atoms. The van der Waals surface area contributed by atoms with E-state index < -0.39 is 0 Å². The summed E-state index contributed by atoms with van der Waals surface area (Å²) in [6, 6.07) is 1.74. The molecule has 2 rings (SSSR count). The molecule has 4 heteroatoms. The summed E-state index contributed by atoms with van der Waals surface area (Å²) in [6.07, 6.45) is 4.61. The molecule has 4 nitrogen and oxygen atoms in total. The number of furan rings is 1. The Morgan fingerprint density at radius 3 is 3.24 bits per heavy atom. The summed E-state index contributed by atoms with van der Waals surface area (Å²) in [6.45, 7) is 4.93. The molecule has 1 aliphatic heterocycles. The van der Waals surface area contributed by atoms with Gasteiger partial charge in [0.1, 0.15) is 5.76 Å². The zero-order valence-electron chi connectivity index (χ0n) is 10.3. The average molecular weight is 236 g/mol. The van der Waals surface area contributed by atoms with E-state index in [9.17, 15) is 4.79 Å². The molecule has 94 valence electrons. The third-order valence-electron chi connectivity index (χ3n) is 3.31. The van der Waals surface area contributed by atoms with E-state index in [1.807, 2.05) is 6.92 Å². The van der Waals surface area contributed by atoms with Crippen molar-refractivity contribution in [2.75, 3.05) is 19.6 Å². The first-order valence-corrected chi connectivity index (χ1v) is 6.36. The van der Waals surface area contributed by atoms with Crippen LogP contribution in [-0.4, -0.2) is 25.5 Å². The van der Waals surface area contributed by atoms with Gasteiger partial charge in [0.15, 0.2) is 0 Å². The van der Waals surface area contributed by atoms with Crippen molar-refractivity contribution in [3.8, 4) is 0 Å². The van der Waals surface area contributed by atoms with E-state index in [1.165, 1.54) is 6.42 Å². The predicted octanol–water partition coefficient (Wildman–Crippen LogP) is 1.57. The topological polar surface area (TPSA) is 54.3 Å². The van der Waals surface area contributed by atoms with Crippen molar-refractivity contribution in [2.45, 2.75) is 26.2 Å². The quantitative estimate of drug-likeness (QED) is 0.816. The molecule has 0 aromatic carbocycles. The van der Waals surface area contributed by atoms with Crippen molar-refractivity contribution in [1.29, 1.82) is 0 Å². The van der Waals surface area contributed by atoms with Crippen LogP contribution in [0.1, 0.15) is 35.9 Å². The highest BCUT2D eigenvalue weighted by atomic mass is 16.3. The van der Waals surface area contributed by atoms with Gasteiger partial charge in [0.25, 0.3) is 5.91 Å². The van der Waals surface area contributed by atoms with Crippen molar-refractivity contribution < 1.29 is 9.21 Å². The lowest BCUT2D eigenvalue weighted by molar-refractivity contribution is 0.0949. The van der Waals surface area contributed by atoms with Crippen LogP contribution in [0.15, 0.2) is 16.7 Å². The molecule has 1 atom stereocenters. The monoisotopic (exact) mass is 236 g/mol. The molecule has 0 aliphatic carbocycles. The number of hydrogen-bond acceptors (Lipinski definition) is 3. The lowest BCUT2D eigenvalue weighted by atomic mass is 10.1. The van der Waals surface area contributed by atoms with Gasteiger partial charge in [-0.05, 0) is 37.9 Å². The van der Waals surface area contributed by atoms with Crippen LogP contribution in [0.5, 0.6) is 0 Å². The predicted molar refractivity (Wildman–Crippen MR) is 66.0 cm³/mol. The van der Waals surface area contributed by atoms with Crippen LogP contribution >= 0.6 is 0 Å². The molecule has 2 N–H and O–H groups in total. The lowest BCUT2D eigenvalue weighted by Gasteiger charge is -2.09. The Balaban J connectivity index is 1.77. The summed E-state index contributed by atoms with van der Waals surface area (Å²) in [5.74, 6) is 1.47. The molecule has 1 unspecified atom stereocenters. The largest absolute Gasteiger partial charge is 0.469 e. The second-order valence-corrected chi connectivity index (χ2v) is 4.51. The van der Waals surface area contributed by atoms with Crippen LogP contribution < -0.4 is 10.6 Å². The number of nitrogens with one attached hydrogen (secondary N) is 2. The molecular formula is C13H20N2O2. The van der Waals surface area contributed by atoms with Crippen LogP contribution in [-0.2, 0) is 6.42 Å². The fourth-order valence-corrected chi connectivity index (χ4v) is 2.26. The lowest BCUT2D eigenvalue weighted by Crippen LogP contribution is -2.26. The normalized spacial score (nSPS) is 19.5. The summed E-state index contributed by atoms with van der Waals surface area (Å²) < 4.78 is 5.24. The van der Waals surface area contributed by atoms with E-state index >= 15 is 0 Å². The van der Waals surface area contributed by atoms with E-state index in [1.54, 1.807) is 12.3 Å². The van der Waals surface area contributed by atoms with E-state index in [2.05, 4.69) is 10.6 Å². The Morgan fingerprint density at radius 1 is 1.65 bits per heavy atom. The van der Waals surface area contributed by atoms with Crippen molar-refractivity contribution in [1.82, 2.24) is 10.6 Å². The van der Waals surface area contributed by atoms with E-state index in [-0.39, 0.29) is 5.91 Å². The van der Waals surface area contributed by atoms with Gasteiger partial charge in [-0.1, -0.05) is 6.92 Å². The maximum absolute atomic E-state index is 11.9. The number of aryl methyl sites for hydroxylation is 1. The van der Waals surface area contributed by atoms with Gasteiger partial charge in [0, 0.05) is 13.0 Å². The molecule has 1 saturated heterocycles. The van der Waals surface area contributed by atoms with Crippen LogP contribution in [0.3, 0.4) is 0 Å². The molecule has 1 amide bonds. The van der Waals surface area contributed by atoms with Crippen molar-refractivity contribution in [3.05, 3.63) is 23.7 Å². The fraction of sp³-hybridized carbons (Fsp3) is 0.615. The Kier molecular flexibility index (Phi) is 4.20. The smallest absolute Gasteiger partial charge is 0.254 e. The second kappa shape index (κ2) is 5.87. The molecule has 1 aromatic heterocycles. The highest BCUT2D eigenvalue weighted by molar-refractivity contribution is 5.95. The van der Waals surface area contributed by atoms with E-state index in [4.69, 9.17) is 4.42 Å². The first-order chi connectivity index (χ1) is 8.31. The summed E-state index contributed by atoms with van der Waals surface area (Å²) >= 11 is 0. The SMILES string of the molecule is CCc1occc1C(=O)NCCC1CCNC1. The van der Waals surface area contributed by atoms with Crippen LogP contribution in [0.25, 0.3) is 0 Å². The Labute approximate surface area is 102 Å². The molecule has 0 spiro atoms. The maximum Gasteiger partial charge on any atom is 0.254 e. The molecule has 2 heterocycles. The first-order valence-electron chi connectivity index (χ1n) is 6.36. The Hall–Kier alpha value is -1.29. The standard InChI is InChI=1S/C13H20N2O2/c1-2-12-11(5-8-17-12)13(16)15-7-4-10-3-6-14-9-10/h5,8,10,14H,2-4,6-7,9H2,1H3,(H,15,16). The summed E-state index contributed by atoms with van der Waals surface area (Å²) in [7, 11) is 0. The third kappa shape index (κ3) is 3.09. The van der Waals surface area contributed by atoms with Crippen molar-refractivity contribution in [3.63, 3.8) is 0 Å². The summed E-state index contributed by atoms with van der Waals surface area (Å²) in [4.78, 5) is 11.9. The fourth-order valence-electron chi connectivity index (χ4n) is 2.26. The van der Waals surface area contributed by atoms with Gasteiger partial charge in [-0.3, -0.25) is 4.79 Å². The van der Waals surface area contributed by atoms with Crippen molar-refractivity contribution >= 4 is 5.91 Å². The minimum atomic E-state index is -0.0124. The number of rotatable bonds is 5. The molecule has 0 radical (unpaired) electrons. The summed E-state index contributed by atoms with van der Waals surface area (Å²) in [5, 5.41) is 6.29. The molecule has 1 fully saturated rings. The van der Waals surface area contributed by atoms with Crippen LogP contribution in [0.2, 0.25) is 0 Å². The van der Waals surface area contributed by atoms with Gasteiger partial charge < -0.3 is 15.1 Å². The molecule has 1 aliphatic rings. The second-order valence-electron chi connectivity index (χ2n) is 4.51. The van der Waals surface area contributed by atoms with Gasteiger partial charge >= 0.3 is 0 Å². The molecule has 0 saturated carbocycles. The van der Waals surface area contributed by atoms with Crippen LogP contribution in [0.4, 0.5) is 0 Å². The minimum absolute atomic E-state index is 0.0124. The highest BCUT2D eigenvalue weighted by Crippen LogP contribution is 2.13. The van der Waals surface area contributed by atoms with Gasteiger partial charge in [-0.2, -0.15) is 0 Å². The highest BCUT2D eigenvalue weighted by Gasteiger charge is 2.16. The Morgan fingerprint density at radius 2 is 2.53 bits per heavy atom. The molecule has 1 aromatic rings. The Bertz CT molecular complexity index is 367. The third-order valence-corrected chi connectivity index (χ3v) is 3.31. The average Bonchev–Trinajstić information content (AvgIpc) is 2.99. The van der Waals surface area contributed by atoms with Crippen LogP contribution in [0, 0.1) is 5.92 Å². The number of carbonyl (C=O) groups is 1. The zero-order chi connectivity index (χ0) is 12.1. The number of amides is 1. The maximum atomic E-state index is 11.9. The van der Waals surface area contributed by atoms with Crippen molar-refractivity contribution in [2.24, 2.45) is 5.92 Å². The number of carbonyl (C=O) groups excluding carboxylic acids is 1. The van der Waals surface area contributed by atoms with E-state index in [0.29, 0.717) is 11.5 Å². The van der Waals surface area contributed by atoms with Gasteiger partial charge in [-0.15, -0.1) is 0 Å². The minimum Gasteiger partial charge on any atom is -0.469 e. The van der Waals surface area contributed by atoms with Gasteiger partial charge in [0.05, 0.1) is 11.8 Å². The number of hydrogen-bond donors (Lipinski definition) is 2. The summed E-state index contributed by atoms with van der Waals surface area (Å²) in [5.41, 5.74) is 0.678. The molecular weight excluding hydrogens is 216 g/mol. The zero-order valence-corrected chi connectivity index (χ0v) is 10.3. The molecule has 17 heavy (non-hydrogen) atoms.